The average molecular weight is 1330 g/mol. The molecular weight excluding hydrogens is 1250 g/mol. The molecule has 6 heteroatoms. The van der Waals surface area contributed by atoms with E-state index >= 15 is 0 Å². The van der Waals surface area contributed by atoms with Crippen molar-refractivity contribution in [2.75, 3.05) is 9.80 Å². The van der Waals surface area contributed by atoms with Gasteiger partial charge in [0, 0.05) is 78.0 Å². The van der Waals surface area contributed by atoms with Crippen LogP contribution < -0.4 is 14.5 Å². The maximum absolute atomic E-state index is 7.34. The molecule has 442 valence electrons. The molecule has 0 saturated carbocycles. The molecule has 10 aromatic carbocycles. The van der Waals surface area contributed by atoms with Crippen molar-refractivity contribution in [1.29, 1.82) is 0 Å². The third kappa shape index (κ3) is 11.4. The van der Waals surface area contributed by atoms with Crippen molar-refractivity contribution >= 4 is 44.6 Å². The number of hydrogen-bond acceptors (Lipinski definition) is 4. The number of aromatic nitrogens is 2. The van der Waals surface area contributed by atoms with Crippen LogP contribution in [0, 0.1) is 18.8 Å². The summed E-state index contributed by atoms with van der Waals surface area (Å²) in [6, 6.07) is 89.2. The minimum absolute atomic E-state index is 0. The molecule has 13 rings (SSSR count). The molecule has 1 aliphatic rings. The number of para-hydroxylation sites is 4. The van der Waals surface area contributed by atoms with Crippen LogP contribution in [-0.4, -0.2) is 9.55 Å². The Morgan fingerprint density at radius 1 is 0.398 bits per heavy atom. The number of nitrogens with zero attached hydrogens (tertiary/aromatic N) is 4. The second kappa shape index (κ2) is 23.1. The van der Waals surface area contributed by atoms with Crippen molar-refractivity contribution in [3.05, 3.63) is 272 Å². The van der Waals surface area contributed by atoms with Gasteiger partial charge in [-0.25, -0.2) is 4.98 Å². The summed E-state index contributed by atoms with van der Waals surface area (Å²) in [7, 11) is 0. The number of anilines is 4. The fourth-order valence-electron chi connectivity index (χ4n) is 12.4. The van der Waals surface area contributed by atoms with E-state index in [1.54, 1.807) is 0 Å². The summed E-state index contributed by atoms with van der Waals surface area (Å²) in [4.78, 5) is 9.99. The number of hydrogen-bond donors (Lipinski definition) is 0. The van der Waals surface area contributed by atoms with E-state index in [0.717, 1.165) is 100 Å². The summed E-state index contributed by atoms with van der Waals surface area (Å²) in [5, 5.41) is 2.20. The van der Waals surface area contributed by atoms with Crippen LogP contribution in [0.1, 0.15) is 105 Å². The topological polar surface area (TPSA) is 33.5 Å². The van der Waals surface area contributed by atoms with Crippen molar-refractivity contribution < 1.29 is 25.8 Å². The third-order valence-corrected chi connectivity index (χ3v) is 17.2. The van der Waals surface area contributed by atoms with Gasteiger partial charge in [-0.15, -0.1) is 53.8 Å². The van der Waals surface area contributed by atoms with Crippen LogP contribution in [0.4, 0.5) is 22.7 Å². The van der Waals surface area contributed by atoms with E-state index < -0.39 is 0 Å². The third-order valence-electron chi connectivity index (χ3n) is 17.2. The van der Waals surface area contributed by atoms with Gasteiger partial charge in [0.2, 0.25) is 0 Å². The molecule has 5 nitrogen and oxygen atoms in total. The van der Waals surface area contributed by atoms with Crippen molar-refractivity contribution in [2.45, 2.75) is 105 Å². The molecule has 12 aromatic rings. The Balaban J connectivity index is 0.00000754. The summed E-state index contributed by atoms with van der Waals surface area (Å²) >= 11 is 0. The van der Waals surface area contributed by atoms with E-state index in [1.165, 1.54) is 27.8 Å². The van der Waals surface area contributed by atoms with Crippen LogP contribution in [0.3, 0.4) is 0 Å². The number of fused-ring (bicyclic) bond motifs is 4. The molecule has 0 fully saturated rings. The molecular formula is C82H75N4OPt-3. The Labute approximate surface area is 535 Å². The number of ether oxygens (including phenoxy) is 1. The normalized spacial score (nSPS) is 12.8. The van der Waals surface area contributed by atoms with Crippen LogP contribution in [-0.2, 0) is 42.7 Å². The van der Waals surface area contributed by atoms with Crippen LogP contribution >= 0.6 is 0 Å². The Hall–Kier alpha value is -8.76. The fourth-order valence-corrected chi connectivity index (χ4v) is 12.4. The van der Waals surface area contributed by atoms with Crippen molar-refractivity contribution in [2.24, 2.45) is 0 Å². The minimum Gasteiger partial charge on any atom is -0.509 e. The van der Waals surface area contributed by atoms with Crippen LogP contribution in [0.25, 0.3) is 83.3 Å². The van der Waals surface area contributed by atoms with E-state index in [-0.39, 0.29) is 42.7 Å². The molecule has 0 bridgehead atoms. The predicted molar refractivity (Wildman–Crippen MR) is 366 cm³/mol. The van der Waals surface area contributed by atoms with E-state index in [4.69, 9.17) is 9.72 Å². The van der Waals surface area contributed by atoms with Gasteiger partial charge in [0.15, 0.2) is 0 Å². The first-order valence-electron chi connectivity index (χ1n) is 30.5. The molecule has 0 unspecified atom stereocenters. The van der Waals surface area contributed by atoms with E-state index in [1.807, 2.05) is 0 Å². The molecule has 0 amide bonds. The molecule has 0 spiro atoms. The second-order valence-corrected chi connectivity index (χ2v) is 27.4. The molecule has 0 aliphatic carbocycles. The Kier molecular flexibility index (Phi) is 15.6. The summed E-state index contributed by atoms with van der Waals surface area (Å²) in [6.07, 6.45) is 2.05. The number of benzene rings is 10. The minimum atomic E-state index is -0.258. The first kappa shape index (κ1) is 59.6. The zero-order valence-corrected chi connectivity index (χ0v) is 54.8. The second-order valence-electron chi connectivity index (χ2n) is 27.4. The van der Waals surface area contributed by atoms with Crippen molar-refractivity contribution in [3.8, 4) is 73.0 Å². The molecule has 0 saturated heterocycles. The van der Waals surface area contributed by atoms with Gasteiger partial charge >= 0.3 is 0 Å². The van der Waals surface area contributed by atoms with Gasteiger partial charge in [-0.2, -0.15) is 0 Å². The van der Waals surface area contributed by atoms with Gasteiger partial charge in [0.1, 0.15) is 5.82 Å². The van der Waals surface area contributed by atoms with Gasteiger partial charge in [-0.05, 0) is 107 Å². The quantitative estimate of drug-likeness (QED) is 0.128. The van der Waals surface area contributed by atoms with E-state index in [2.05, 4.69) is 347 Å². The SMILES string of the molecule is CC(C)(C)c1ccc(-c2cccc(-c3cccc(-c4ccccc4)c3)c2N2[CH-]N(c3[c-]c(Oc4[c-]c5c(c(-c6ccc(C(C)(C)C)cc6)c4)c4ccccc4n5-c4cc(C(C)(C)C)c(-c5ccccc5)cn4)cc(C(C)(C)C)c3)c3ccccc32)cc1.[Pt]. The summed E-state index contributed by atoms with van der Waals surface area (Å²) < 4.78 is 9.62. The van der Waals surface area contributed by atoms with Crippen LogP contribution in [0.15, 0.2) is 231 Å². The monoisotopic (exact) mass is 1330 g/mol. The van der Waals surface area contributed by atoms with Gasteiger partial charge in [0.25, 0.3) is 0 Å². The van der Waals surface area contributed by atoms with Crippen molar-refractivity contribution in [3.63, 3.8) is 0 Å². The Morgan fingerprint density at radius 2 is 0.909 bits per heavy atom. The number of rotatable bonds is 10. The summed E-state index contributed by atoms with van der Waals surface area (Å²) in [5.41, 5.74) is 21.7. The Bertz CT molecular complexity index is 4530. The molecule has 0 radical (unpaired) electrons. The largest absolute Gasteiger partial charge is 0.509 e. The molecule has 88 heavy (non-hydrogen) atoms. The maximum Gasteiger partial charge on any atom is 0.135 e. The first-order valence-corrected chi connectivity index (χ1v) is 30.5. The molecule has 0 N–H and O–H groups in total. The maximum atomic E-state index is 7.34. The van der Waals surface area contributed by atoms with Gasteiger partial charge in [-0.3, -0.25) is 0 Å². The Morgan fingerprint density at radius 3 is 1.53 bits per heavy atom. The standard InChI is InChI=1S/C82H75N4O.Pt/c1-79(2,3)60-41-37-56(38-42-60)66-32-24-33-67(59-30-23-29-58(45-59)54-25-15-13-16-26-54)78(66)85-53-84(73-35-21-22-36-74(73)85)63-46-62(81(7,8)9)47-64(48-63)87-65-49-69(57-39-43-61(44-40-57)80(4,5)6)77-68-31-19-20-34-72(68)86(75(77)50-65)76-51-71(82(10,11)12)70(52-83-76)55-27-17-14-18-28-55;/h13-47,49,51-53H,1-12H3;/q-3;. The van der Waals surface area contributed by atoms with Gasteiger partial charge in [0.05, 0.1) is 0 Å². The van der Waals surface area contributed by atoms with Crippen LogP contribution in [0.2, 0.25) is 0 Å². The zero-order chi connectivity index (χ0) is 60.6. The molecule has 2 aromatic heterocycles. The smallest absolute Gasteiger partial charge is 0.135 e. The zero-order valence-electron chi connectivity index (χ0n) is 52.5. The summed E-state index contributed by atoms with van der Waals surface area (Å²) in [5.74, 6) is 1.99. The first-order chi connectivity index (χ1) is 41.7. The van der Waals surface area contributed by atoms with Crippen LogP contribution in [0.5, 0.6) is 11.5 Å². The van der Waals surface area contributed by atoms with Crippen molar-refractivity contribution in [1.82, 2.24) is 9.55 Å². The molecule has 3 heterocycles. The van der Waals surface area contributed by atoms with E-state index in [0.29, 0.717) is 11.5 Å². The average Bonchev–Trinajstić information content (AvgIpc) is 1.57. The number of pyridine rings is 1. The van der Waals surface area contributed by atoms with Gasteiger partial charge in [-0.1, -0.05) is 270 Å². The molecule has 1 aliphatic heterocycles. The molecule has 0 atom stereocenters. The van der Waals surface area contributed by atoms with Gasteiger partial charge < -0.3 is 19.1 Å². The van der Waals surface area contributed by atoms with E-state index in [9.17, 15) is 0 Å². The summed E-state index contributed by atoms with van der Waals surface area (Å²) in [6.45, 7) is 29.5. The predicted octanol–water partition coefficient (Wildman–Crippen LogP) is 22.5. The fraction of sp³-hybridized carbons (Fsp3) is 0.195.